The van der Waals surface area contributed by atoms with Crippen LogP contribution in [0.3, 0.4) is 0 Å². The number of piperidine rings is 1. The Morgan fingerprint density at radius 1 is 1.26 bits per heavy atom. The third-order valence-electron chi connectivity index (χ3n) is 4.22. The van der Waals surface area contributed by atoms with Crippen LogP contribution in [0.15, 0.2) is 0 Å². The number of rotatable bonds is 5. The Bertz CT molecular complexity index is 260. The summed E-state index contributed by atoms with van der Waals surface area (Å²) in [5, 5.41) is 3.58. The quantitative estimate of drug-likeness (QED) is 0.807. The summed E-state index contributed by atoms with van der Waals surface area (Å²) in [6, 6.07) is 0.603. The summed E-state index contributed by atoms with van der Waals surface area (Å²) >= 11 is 0. The van der Waals surface area contributed by atoms with Gasteiger partial charge in [-0.15, -0.1) is 0 Å². The molecule has 2 saturated heterocycles. The fraction of sp³-hybridized carbons (Fsp3) is 1.00. The standard InChI is InChI=1S/C15H31N3O/c1-13(2)16-9-14-5-4-6-18(10-14)12-15-11-17(3)7-8-19-15/h13-16H,4-12H2,1-3H3. The van der Waals surface area contributed by atoms with Crippen LogP contribution in [0.4, 0.5) is 0 Å². The van der Waals surface area contributed by atoms with Gasteiger partial charge in [-0.3, -0.25) is 0 Å². The Morgan fingerprint density at radius 2 is 2.11 bits per heavy atom. The van der Waals surface area contributed by atoms with Crippen LogP contribution in [0.5, 0.6) is 0 Å². The molecule has 2 unspecified atom stereocenters. The minimum atomic E-state index is 0.413. The molecule has 0 amide bonds. The zero-order chi connectivity index (χ0) is 13.7. The number of morpholine rings is 1. The first-order valence-electron chi connectivity index (χ1n) is 7.89. The molecule has 2 aliphatic heterocycles. The zero-order valence-electron chi connectivity index (χ0n) is 12.9. The Balaban J connectivity index is 1.71. The maximum absolute atomic E-state index is 5.89. The molecule has 2 aliphatic rings. The summed E-state index contributed by atoms with van der Waals surface area (Å²) in [6.07, 6.45) is 3.13. The summed E-state index contributed by atoms with van der Waals surface area (Å²) in [5.74, 6) is 0.817. The highest BCUT2D eigenvalue weighted by molar-refractivity contribution is 4.79. The highest BCUT2D eigenvalue weighted by Gasteiger charge is 2.25. The molecule has 2 atom stereocenters. The number of hydrogen-bond donors (Lipinski definition) is 1. The van der Waals surface area contributed by atoms with E-state index >= 15 is 0 Å². The molecule has 0 saturated carbocycles. The number of likely N-dealkylation sites (tertiary alicyclic amines) is 1. The monoisotopic (exact) mass is 269 g/mol. The van der Waals surface area contributed by atoms with Gasteiger partial charge < -0.3 is 19.9 Å². The van der Waals surface area contributed by atoms with E-state index in [0.717, 1.165) is 32.2 Å². The SMILES string of the molecule is CC(C)NCC1CCCN(CC2CN(C)CCO2)C1. The van der Waals surface area contributed by atoms with Crippen LogP contribution < -0.4 is 5.32 Å². The van der Waals surface area contributed by atoms with Crippen LogP contribution in [0.25, 0.3) is 0 Å². The Hall–Kier alpha value is -0.160. The van der Waals surface area contributed by atoms with Crippen molar-refractivity contribution < 1.29 is 4.74 Å². The lowest BCUT2D eigenvalue weighted by Gasteiger charge is -2.38. The number of likely N-dealkylation sites (N-methyl/N-ethyl adjacent to an activating group) is 1. The highest BCUT2D eigenvalue weighted by Crippen LogP contribution is 2.17. The first-order chi connectivity index (χ1) is 9.13. The molecule has 0 aromatic heterocycles. The molecule has 0 spiro atoms. The third-order valence-corrected chi connectivity index (χ3v) is 4.22. The number of hydrogen-bond acceptors (Lipinski definition) is 4. The summed E-state index contributed by atoms with van der Waals surface area (Å²) in [5.41, 5.74) is 0. The predicted octanol–water partition coefficient (Wildman–Crippen LogP) is 1.03. The second-order valence-corrected chi connectivity index (χ2v) is 6.59. The predicted molar refractivity (Wildman–Crippen MR) is 79.5 cm³/mol. The topological polar surface area (TPSA) is 27.7 Å². The molecule has 2 fully saturated rings. The molecule has 4 nitrogen and oxygen atoms in total. The van der Waals surface area contributed by atoms with E-state index < -0.39 is 0 Å². The Labute approximate surface area is 118 Å². The molecule has 0 aliphatic carbocycles. The maximum atomic E-state index is 5.89. The largest absolute Gasteiger partial charge is 0.374 e. The molecule has 19 heavy (non-hydrogen) atoms. The van der Waals surface area contributed by atoms with Crippen LogP contribution in [-0.4, -0.2) is 74.9 Å². The van der Waals surface area contributed by atoms with Gasteiger partial charge in [0.1, 0.15) is 0 Å². The van der Waals surface area contributed by atoms with Crippen LogP contribution in [-0.2, 0) is 4.74 Å². The van der Waals surface area contributed by atoms with Crippen LogP contribution in [0, 0.1) is 5.92 Å². The van der Waals surface area contributed by atoms with Gasteiger partial charge in [-0.1, -0.05) is 13.8 Å². The molecular weight excluding hydrogens is 238 g/mol. The molecule has 2 heterocycles. The molecule has 0 aromatic carbocycles. The van der Waals surface area contributed by atoms with Crippen molar-refractivity contribution >= 4 is 0 Å². The highest BCUT2D eigenvalue weighted by atomic mass is 16.5. The lowest BCUT2D eigenvalue weighted by molar-refractivity contribution is -0.0404. The molecule has 112 valence electrons. The van der Waals surface area contributed by atoms with E-state index in [9.17, 15) is 0 Å². The average molecular weight is 269 g/mol. The first kappa shape index (κ1) is 15.2. The van der Waals surface area contributed by atoms with Crippen molar-refractivity contribution in [2.24, 2.45) is 5.92 Å². The molecule has 0 bridgehead atoms. The minimum absolute atomic E-state index is 0.413. The summed E-state index contributed by atoms with van der Waals surface area (Å²) < 4.78 is 5.89. The minimum Gasteiger partial charge on any atom is -0.374 e. The van der Waals surface area contributed by atoms with Gasteiger partial charge in [0.15, 0.2) is 0 Å². The summed E-state index contributed by atoms with van der Waals surface area (Å²) in [7, 11) is 2.20. The average Bonchev–Trinajstić information content (AvgIpc) is 2.37. The van der Waals surface area contributed by atoms with Gasteiger partial charge in [0.05, 0.1) is 12.7 Å². The molecule has 1 N–H and O–H groups in total. The van der Waals surface area contributed by atoms with E-state index in [4.69, 9.17) is 4.74 Å². The summed E-state index contributed by atoms with van der Waals surface area (Å²) in [4.78, 5) is 5.00. The number of nitrogens with zero attached hydrogens (tertiary/aromatic N) is 2. The molecule has 0 aromatic rings. The van der Waals surface area contributed by atoms with E-state index in [0.29, 0.717) is 12.1 Å². The van der Waals surface area contributed by atoms with Gasteiger partial charge in [-0.2, -0.15) is 0 Å². The van der Waals surface area contributed by atoms with E-state index in [1.807, 2.05) is 0 Å². The van der Waals surface area contributed by atoms with Gasteiger partial charge >= 0.3 is 0 Å². The lowest BCUT2D eigenvalue weighted by Crippen LogP contribution is -2.49. The van der Waals surface area contributed by atoms with Gasteiger partial charge in [0.2, 0.25) is 0 Å². The lowest BCUT2D eigenvalue weighted by atomic mass is 9.97. The van der Waals surface area contributed by atoms with E-state index in [1.54, 1.807) is 0 Å². The van der Waals surface area contributed by atoms with E-state index in [2.05, 4.69) is 36.0 Å². The number of ether oxygens (including phenoxy) is 1. The molecule has 4 heteroatoms. The van der Waals surface area contributed by atoms with Crippen molar-refractivity contribution in [1.82, 2.24) is 15.1 Å². The Kier molecular flexibility index (Phi) is 6.07. The van der Waals surface area contributed by atoms with Crippen molar-refractivity contribution in [2.75, 3.05) is 52.9 Å². The van der Waals surface area contributed by atoms with Crippen molar-refractivity contribution in [3.8, 4) is 0 Å². The van der Waals surface area contributed by atoms with Crippen molar-refractivity contribution in [1.29, 1.82) is 0 Å². The van der Waals surface area contributed by atoms with Crippen molar-refractivity contribution in [3.05, 3.63) is 0 Å². The summed E-state index contributed by atoms with van der Waals surface area (Å²) in [6.45, 7) is 12.3. The van der Waals surface area contributed by atoms with Crippen LogP contribution >= 0.6 is 0 Å². The van der Waals surface area contributed by atoms with E-state index in [-0.39, 0.29) is 0 Å². The second kappa shape index (κ2) is 7.58. The van der Waals surface area contributed by atoms with Crippen molar-refractivity contribution in [2.45, 2.75) is 38.8 Å². The van der Waals surface area contributed by atoms with Gasteiger partial charge in [-0.25, -0.2) is 0 Å². The molecule has 2 rings (SSSR count). The number of nitrogens with one attached hydrogen (secondary N) is 1. The van der Waals surface area contributed by atoms with Crippen LogP contribution in [0.1, 0.15) is 26.7 Å². The normalized spacial score (nSPS) is 30.9. The van der Waals surface area contributed by atoms with Crippen LogP contribution in [0.2, 0.25) is 0 Å². The molecular formula is C15H31N3O. The smallest absolute Gasteiger partial charge is 0.0829 e. The van der Waals surface area contributed by atoms with Gasteiger partial charge in [-0.05, 0) is 38.9 Å². The fourth-order valence-corrected chi connectivity index (χ4v) is 3.15. The Morgan fingerprint density at radius 3 is 2.84 bits per heavy atom. The second-order valence-electron chi connectivity index (χ2n) is 6.59. The van der Waals surface area contributed by atoms with E-state index in [1.165, 1.54) is 32.5 Å². The van der Waals surface area contributed by atoms with Gasteiger partial charge in [0, 0.05) is 32.2 Å². The third kappa shape index (κ3) is 5.38. The fourth-order valence-electron chi connectivity index (χ4n) is 3.15. The first-order valence-corrected chi connectivity index (χ1v) is 7.89. The van der Waals surface area contributed by atoms with Gasteiger partial charge in [0.25, 0.3) is 0 Å². The molecule has 0 radical (unpaired) electrons. The zero-order valence-corrected chi connectivity index (χ0v) is 12.9. The maximum Gasteiger partial charge on any atom is 0.0829 e. The van der Waals surface area contributed by atoms with Crippen molar-refractivity contribution in [3.63, 3.8) is 0 Å².